The topological polar surface area (TPSA) is 93.7 Å². The summed E-state index contributed by atoms with van der Waals surface area (Å²) in [6.45, 7) is 4.37. The number of aromatic nitrogens is 4. The fourth-order valence-electron chi connectivity index (χ4n) is 3.27. The Morgan fingerprint density at radius 3 is 3.08 bits per heavy atom. The number of nitrogens with zero attached hydrogens (tertiary/aromatic N) is 4. The minimum atomic E-state index is 0.307. The van der Waals surface area contributed by atoms with Crippen molar-refractivity contribution in [2.75, 3.05) is 17.6 Å². The van der Waals surface area contributed by atoms with Gasteiger partial charge in [-0.1, -0.05) is 11.6 Å². The summed E-state index contributed by atoms with van der Waals surface area (Å²) in [6, 6.07) is 6.39. The van der Waals surface area contributed by atoms with Gasteiger partial charge in [0.25, 0.3) is 0 Å². The first kappa shape index (κ1) is 14.9. The second kappa shape index (κ2) is 5.76. The highest BCUT2D eigenvalue weighted by Gasteiger charge is 2.17. The third-order valence-electron chi connectivity index (χ3n) is 4.46. The van der Waals surface area contributed by atoms with E-state index in [4.69, 9.17) is 5.73 Å². The maximum atomic E-state index is 5.86. The van der Waals surface area contributed by atoms with Crippen LogP contribution in [0.4, 0.5) is 11.8 Å². The van der Waals surface area contributed by atoms with E-state index in [0.717, 1.165) is 47.8 Å². The van der Waals surface area contributed by atoms with Crippen LogP contribution in [0.1, 0.15) is 22.5 Å². The molecule has 24 heavy (non-hydrogen) atoms. The van der Waals surface area contributed by atoms with Gasteiger partial charge in [-0.2, -0.15) is 10.1 Å². The molecule has 0 radical (unpaired) electrons. The molecule has 0 saturated carbocycles. The number of benzene rings is 1. The summed E-state index contributed by atoms with van der Waals surface area (Å²) in [5.41, 5.74) is 11.4. The highest BCUT2D eigenvalue weighted by molar-refractivity contribution is 5.83. The van der Waals surface area contributed by atoms with Gasteiger partial charge < -0.3 is 16.4 Å². The van der Waals surface area contributed by atoms with Crippen LogP contribution < -0.4 is 16.4 Å². The second-order valence-corrected chi connectivity index (χ2v) is 6.23. The van der Waals surface area contributed by atoms with E-state index in [2.05, 4.69) is 50.8 Å². The van der Waals surface area contributed by atoms with Crippen molar-refractivity contribution in [3.05, 3.63) is 40.7 Å². The molecule has 0 bridgehead atoms. The number of aryl methyl sites for hydroxylation is 2. The molecular formula is C17H21N7. The van der Waals surface area contributed by atoms with Crippen LogP contribution >= 0.6 is 0 Å². The molecule has 1 aliphatic rings. The maximum absolute atomic E-state index is 5.86. The van der Waals surface area contributed by atoms with Crippen molar-refractivity contribution in [2.24, 2.45) is 7.05 Å². The molecule has 3 aromatic rings. The molecule has 0 fully saturated rings. The fourth-order valence-corrected chi connectivity index (χ4v) is 3.27. The molecule has 3 heterocycles. The highest BCUT2D eigenvalue weighted by atomic mass is 15.3. The monoisotopic (exact) mass is 323 g/mol. The first-order chi connectivity index (χ1) is 11.6. The van der Waals surface area contributed by atoms with E-state index in [-0.39, 0.29) is 0 Å². The van der Waals surface area contributed by atoms with Crippen molar-refractivity contribution in [1.29, 1.82) is 0 Å². The summed E-state index contributed by atoms with van der Waals surface area (Å²) in [6.07, 6.45) is 0.903. The lowest BCUT2D eigenvalue weighted by molar-refractivity contribution is 0.625. The van der Waals surface area contributed by atoms with Gasteiger partial charge in [-0.3, -0.25) is 4.68 Å². The van der Waals surface area contributed by atoms with E-state index in [1.807, 2.05) is 11.7 Å². The van der Waals surface area contributed by atoms with Crippen LogP contribution in [0.25, 0.3) is 10.9 Å². The molecule has 2 aromatic heterocycles. The molecule has 4 rings (SSSR count). The lowest BCUT2D eigenvalue weighted by Crippen LogP contribution is -2.26. The quantitative estimate of drug-likeness (QED) is 0.676. The Labute approximate surface area is 140 Å². The Kier molecular flexibility index (Phi) is 3.57. The third-order valence-corrected chi connectivity index (χ3v) is 4.46. The first-order valence-electron chi connectivity index (χ1n) is 8.14. The standard InChI is InChI=1S/C17H21N7/c1-10-3-4-15-12(7-10)14(23-24(15)2)9-20-16-11-5-6-19-8-13(11)21-17(18)22-16/h3-4,7,19H,5-6,8-9H2,1-2H3,(H3,18,20,21,22). The van der Waals surface area contributed by atoms with Crippen LogP contribution in [0.3, 0.4) is 0 Å². The minimum absolute atomic E-state index is 0.307. The number of hydrogen-bond donors (Lipinski definition) is 3. The number of nitrogen functional groups attached to an aromatic ring is 1. The van der Waals surface area contributed by atoms with Crippen molar-refractivity contribution in [3.8, 4) is 0 Å². The third kappa shape index (κ3) is 2.56. The summed E-state index contributed by atoms with van der Waals surface area (Å²) in [4.78, 5) is 8.74. The number of fused-ring (bicyclic) bond motifs is 2. The van der Waals surface area contributed by atoms with Crippen molar-refractivity contribution in [3.63, 3.8) is 0 Å². The van der Waals surface area contributed by atoms with Crippen molar-refractivity contribution in [1.82, 2.24) is 25.1 Å². The molecular weight excluding hydrogens is 302 g/mol. The summed E-state index contributed by atoms with van der Waals surface area (Å²) >= 11 is 0. The highest BCUT2D eigenvalue weighted by Crippen LogP contribution is 2.24. The molecule has 4 N–H and O–H groups in total. The lowest BCUT2D eigenvalue weighted by atomic mass is 10.1. The molecule has 0 amide bonds. The van der Waals surface area contributed by atoms with Crippen molar-refractivity contribution in [2.45, 2.75) is 26.4 Å². The Hall–Kier alpha value is -2.67. The molecule has 0 atom stereocenters. The predicted molar refractivity (Wildman–Crippen MR) is 94.6 cm³/mol. The number of rotatable bonds is 3. The Bertz CT molecular complexity index is 913. The smallest absolute Gasteiger partial charge is 0.222 e. The van der Waals surface area contributed by atoms with Crippen molar-refractivity contribution < 1.29 is 0 Å². The van der Waals surface area contributed by atoms with Gasteiger partial charge in [0.15, 0.2) is 0 Å². The van der Waals surface area contributed by atoms with E-state index in [1.165, 1.54) is 10.9 Å². The van der Waals surface area contributed by atoms with E-state index < -0.39 is 0 Å². The summed E-state index contributed by atoms with van der Waals surface area (Å²) in [5.74, 6) is 1.13. The van der Waals surface area contributed by atoms with Crippen LogP contribution in [0.2, 0.25) is 0 Å². The van der Waals surface area contributed by atoms with Crippen molar-refractivity contribution >= 4 is 22.7 Å². The van der Waals surface area contributed by atoms with Crippen LogP contribution in [0.15, 0.2) is 18.2 Å². The van der Waals surface area contributed by atoms with Crippen LogP contribution in [-0.2, 0) is 26.6 Å². The van der Waals surface area contributed by atoms with Gasteiger partial charge in [-0.15, -0.1) is 0 Å². The summed E-state index contributed by atoms with van der Waals surface area (Å²) < 4.78 is 1.92. The zero-order valence-corrected chi connectivity index (χ0v) is 13.9. The fraction of sp³-hybridized carbons (Fsp3) is 0.353. The van der Waals surface area contributed by atoms with Gasteiger partial charge in [0.2, 0.25) is 5.95 Å². The average Bonchev–Trinajstić information content (AvgIpc) is 2.88. The van der Waals surface area contributed by atoms with E-state index in [0.29, 0.717) is 12.5 Å². The normalized spacial score (nSPS) is 13.9. The molecule has 0 saturated heterocycles. The molecule has 1 aliphatic heterocycles. The molecule has 0 unspecified atom stereocenters. The first-order valence-corrected chi connectivity index (χ1v) is 8.14. The van der Waals surface area contributed by atoms with Crippen LogP contribution in [0.5, 0.6) is 0 Å². The van der Waals surface area contributed by atoms with Crippen LogP contribution in [-0.4, -0.2) is 26.3 Å². The summed E-state index contributed by atoms with van der Waals surface area (Å²) in [7, 11) is 1.97. The zero-order valence-electron chi connectivity index (χ0n) is 13.9. The predicted octanol–water partition coefficient (Wildman–Crippen LogP) is 1.51. The SMILES string of the molecule is Cc1ccc2c(c1)c(CNc1nc(N)nc3c1CCNC3)nn2C. The van der Waals surface area contributed by atoms with E-state index in [1.54, 1.807) is 0 Å². The molecule has 0 spiro atoms. The lowest BCUT2D eigenvalue weighted by Gasteiger charge is -2.19. The molecule has 1 aromatic carbocycles. The van der Waals surface area contributed by atoms with Crippen LogP contribution in [0, 0.1) is 6.92 Å². The second-order valence-electron chi connectivity index (χ2n) is 6.23. The largest absolute Gasteiger partial charge is 0.368 e. The van der Waals surface area contributed by atoms with E-state index >= 15 is 0 Å². The Balaban J connectivity index is 1.66. The summed E-state index contributed by atoms with van der Waals surface area (Å²) in [5, 5.41) is 12.6. The Morgan fingerprint density at radius 2 is 2.21 bits per heavy atom. The van der Waals surface area contributed by atoms with E-state index in [9.17, 15) is 0 Å². The molecule has 7 heteroatoms. The van der Waals surface area contributed by atoms with Gasteiger partial charge in [-0.25, -0.2) is 4.98 Å². The number of hydrogen-bond acceptors (Lipinski definition) is 6. The maximum Gasteiger partial charge on any atom is 0.222 e. The molecule has 124 valence electrons. The number of nitrogens with two attached hydrogens (primary N) is 1. The van der Waals surface area contributed by atoms with Gasteiger partial charge >= 0.3 is 0 Å². The average molecular weight is 323 g/mol. The zero-order chi connectivity index (χ0) is 16.7. The molecule has 7 nitrogen and oxygen atoms in total. The van der Waals surface area contributed by atoms with Gasteiger partial charge in [0, 0.05) is 24.5 Å². The van der Waals surface area contributed by atoms with Gasteiger partial charge in [0.1, 0.15) is 5.82 Å². The Morgan fingerprint density at radius 1 is 1.33 bits per heavy atom. The number of anilines is 2. The van der Waals surface area contributed by atoms with Gasteiger partial charge in [-0.05, 0) is 32.0 Å². The number of nitrogens with one attached hydrogen (secondary N) is 2. The van der Waals surface area contributed by atoms with Gasteiger partial charge in [0.05, 0.1) is 23.4 Å². The minimum Gasteiger partial charge on any atom is -0.368 e. The molecule has 0 aliphatic carbocycles.